The summed E-state index contributed by atoms with van der Waals surface area (Å²) >= 11 is 0. The van der Waals surface area contributed by atoms with Crippen molar-refractivity contribution in [3.05, 3.63) is 59.2 Å². The van der Waals surface area contributed by atoms with Crippen LogP contribution in [-0.2, 0) is 24.8 Å². The summed E-state index contributed by atoms with van der Waals surface area (Å²) in [5, 5.41) is 0. The second-order valence-electron chi connectivity index (χ2n) is 11.5. The summed E-state index contributed by atoms with van der Waals surface area (Å²) in [5.74, 6) is 0.320. The summed E-state index contributed by atoms with van der Waals surface area (Å²) in [7, 11) is 0. The minimum absolute atomic E-state index is 0.0604. The van der Waals surface area contributed by atoms with Gasteiger partial charge in [0.1, 0.15) is 6.10 Å². The second-order valence-corrected chi connectivity index (χ2v) is 11.5. The number of ketones is 2. The van der Waals surface area contributed by atoms with Gasteiger partial charge in [-0.3, -0.25) is 9.59 Å². The van der Waals surface area contributed by atoms with Crippen molar-refractivity contribution in [3.63, 3.8) is 0 Å². The van der Waals surface area contributed by atoms with Gasteiger partial charge in [0.25, 0.3) is 0 Å². The summed E-state index contributed by atoms with van der Waals surface area (Å²) < 4.78 is 13.5. The zero-order valence-electron chi connectivity index (χ0n) is 20.1. The highest BCUT2D eigenvalue weighted by Gasteiger charge is 2.72. The van der Waals surface area contributed by atoms with Gasteiger partial charge in [0.15, 0.2) is 23.0 Å². The molecular weight excluding hydrogens is 412 g/mol. The molecule has 4 aliphatic carbocycles. The molecule has 1 saturated heterocycles. The summed E-state index contributed by atoms with van der Waals surface area (Å²) in [6.07, 6.45) is 9.39. The molecule has 0 N–H and O–H groups in total. The third-order valence-electron chi connectivity index (χ3n) is 10.1. The average Bonchev–Trinajstić information content (AvgIpc) is 3.23. The Morgan fingerprint density at radius 1 is 1.03 bits per heavy atom. The van der Waals surface area contributed by atoms with E-state index in [-0.39, 0.29) is 28.5 Å². The predicted molar refractivity (Wildman–Crippen MR) is 125 cm³/mol. The third kappa shape index (κ3) is 2.60. The van der Waals surface area contributed by atoms with E-state index in [1.54, 1.807) is 6.92 Å². The maximum Gasteiger partial charge on any atom is 0.194 e. The highest BCUT2D eigenvalue weighted by Crippen LogP contribution is 2.69. The lowest BCUT2D eigenvalue weighted by Crippen LogP contribution is -2.59. The molecule has 0 aromatic heterocycles. The maximum atomic E-state index is 13.4. The van der Waals surface area contributed by atoms with Crippen molar-refractivity contribution in [1.82, 2.24) is 0 Å². The third-order valence-corrected chi connectivity index (χ3v) is 10.1. The van der Waals surface area contributed by atoms with Crippen molar-refractivity contribution in [2.75, 3.05) is 0 Å². The van der Waals surface area contributed by atoms with E-state index in [0.717, 1.165) is 37.7 Å². The van der Waals surface area contributed by atoms with E-state index in [1.165, 1.54) is 11.1 Å². The molecule has 6 rings (SSSR count). The molecule has 1 aliphatic heterocycles. The molecule has 0 spiro atoms. The van der Waals surface area contributed by atoms with E-state index in [0.29, 0.717) is 18.3 Å². The van der Waals surface area contributed by atoms with Gasteiger partial charge in [-0.15, -0.1) is 0 Å². The molecule has 7 atom stereocenters. The Morgan fingerprint density at radius 3 is 2.52 bits per heavy atom. The largest absolute Gasteiger partial charge is 0.335 e. The number of carbonyl (C=O) groups excluding carboxylic acids is 2. The van der Waals surface area contributed by atoms with E-state index < -0.39 is 11.4 Å². The van der Waals surface area contributed by atoms with E-state index in [1.807, 2.05) is 43.3 Å². The van der Waals surface area contributed by atoms with Crippen LogP contribution in [0.15, 0.2) is 53.6 Å². The smallest absolute Gasteiger partial charge is 0.194 e. The van der Waals surface area contributed by atoms with Crippen molar-refractivity contribution >= 4 is 11.6 Å². The summed E-state index contributed by atoms with van der Waals surface area (Å²) in [6.45, 7) is 8.25. The number of allylic oxidation sites excluding steroid dienone is 2. The van der Waals surface area contributed by atoms with Crippen LogP contribution in [0, 0.1) is 22.7 Å². The second kappa shape index (κ2) is 6.76. The quantitative estimate of drug-likeness (QED) is 0.550. The number of Topliss-reactive ketones (excluding diaryl/α,β-unsaturated/α-hetero) is 1. The molecule has 1 heterocycles. The van der Waals surface area contributed by atoms with Crippen LogP contribution in [0.2, 0.25) is 0 Å². The number of carbonyl (C=O) groups is 2. The molecule has 174 valence electrons. The first-order valence-electron chi connectivity index (χ1n) is 12.5. The monoisotopic (exact) mass is 446 g/mol. The van der Waals surface area contributed by atoms with Crippen LogP contribution in [0.5, 0.6) is 0 Å². The van der Waals surface area contributed by atoms with Gasteiger partial charge < -0.3 is 9.47 Å². The Bertz CT molecular complexity index is 1100. The van der Waals surface area contributed by atoms with Gasteiger partial charge in [-0.25, -0.2) is 0 Å². The van der Waals surface area contributed by atoms with Crippen molar-refractivity contribution in [1.29, 1.82) is 0 Å². The Kier molecular flexibility index (Phi) is 4.40. The number of ether oxygens (including phenoxy) is 2. The molecule has 0 amide bonds. The van der Waals surface area contributed by atoms with Crippen molar-refractivity contribution in [2.45, 2.75) is 83.7 Å². The summed E-state index contributed by atoms with van der Waals surface area (Å²) in [4.78, 5) is 25.6. The first-order chi connectivity index (χ1) is 15.6. The van der Waals surface area contributed by atoms with Gasteiger partial charge in [-0.2, -0.15) is 0 Å². The van der Waals surface area contributed by atoms with Crippen LogP contribution in [0.4, 0.5) is 0 Å². The average molecular weight is 447 g/mol. The van der Waals surface area contributed by atoms with Crippen molar-refractivity contribution in [2.24, 2.45) is 22.7 Å². The van der Waals surface area contributed by atoms with Crippen LogP contribution in [0.1, 0.15) is 71.8 Å². The van der Waals surface area contributed by atoms with Gasteiger partial charge in [-0.05, 0) is 69.3 Å². The van der Waals surface area contributed by atoms with Crippen LogP contribution in [0.25, 0.3) is 0 Å². The van der Waals surface area contributed by atoms with Crippen LogP contribution >= 0.6 is 0 Å². The first-order valence-corrected chi connectivity index (χ1v) is 12.5. The van der Waals surface area contributed by atoms with Gasteiger partial charge in [0.2, 0.25) is 0 Å². The SMILES string of the molecule is CC(=O)[C@@]12OC(C)(c3ccccc3)O[C@@H]1C=C1[C@@H]3CCC4=CC(=O)CC[C@]4(C)[C@H]3CC[C@@]12C. The first kappa shape index (κ1) is 21.5. The minimum Gasteiger partial charge on any atom is -0.335 e. The molecule has 2 saturated carbocycles. The fourth-order valence-electron chi connectivity index (χ4n) is 8.29. The molecule has 0 radical (unpaired) electrons. The van der Waals surface area contributed by atoms with Crippen LogP contribution in [-0.4, -0.2) is 23.3 Å². The number of hydrogen-bond acceptors (Lipinski definition) is 4. The molecule has 4 heteroatoms. The Morgan fingerprint density at radius 2 is 1.79 bits per heavy atom. The lowest BCUT2D eigenvalue weighted by molar-refractivity contribution is -0.208. The van der Waals surface area contributed by atoms with Gasteiger partial charge in [-0.1, -0.05) is 61.4 Å². The zero-order valence-corrected chi connectivity index (χ0v) is 20.1. The summed E-state index contributed by atoms with van der Waals surface area (Å²) in [5.41, 5.74) is 2.38. The molecule has 1 unspecified atom stereocenters. The van der Waals surface area contributed by atoms with Gasteiger partial charge in [0, 0.05) is 17.4 Å². The molecule has 0 bridgehead atoms. The number of benzene rings is 1. The topological polar surface area (TPSA) is 52.6 Å². The number of hydrogen-bond donors (Lipinski definition) is 0. The molecule has 1 aromatic carbocycles. The van der Waals surface area contributed by atoms with E-state index in [4.69, 9.17) is 9.47 Å². The summed E-state index contributed by atoms with van der Waals surface area (Å²) in [6, 6.07) is 9.98. The van der Waals surface area contributed by atoms with E-state index >= 15 is 0 Å². The lowest BCUT2D eigenvalue weighted by atomic mass is 9.47. The fourth-order valence-corrected chi connectivity index (χ4v) is 8.29. The lowest BCUT2D eigenvalue weighted by Gasteiger charge is -2.57. The Hall–Kier alpha value is -2.04. The van der Waals surface area contributed by atoms with Gasteiger partial charge in [0.05, 0.1) is 0 Å². The predicted octanol–water partition coefficient (Wildman–Crippen LogP) is 5.66. The van der Waals surface area contributed by atoms with Gasteiger partial charge >= 0.3 is 0 Å². The number of fused-ring (bicyclic) bond motifs is 7. The zero-order chi connectivity index (χ0) is 23.2. The highest BCUT2D eigenvalue weighted by atomic mass is 16.8. The van der Waals surface area contributed by atoms with Crippen molar-refractivity contribution < 1.29 is 19.1 Å². The standard InChI is InChI=1S/C29H34O4/c1-18(30)29-25(32-28(4,33-29)19-8-6-5-7-9-19)17-24-22-11-10-20-16-21(31)12-14-26(20,2)23(22)13-15-27(24,29)3/h5-9,16-17,22-23,25H,10-15H2,1-4H3/t22-,23+,25-,26+,27+,28?,29-/m1/s1. The van der Waals surface area contributed by atoms with E-state index in [2.05, 4.69) is 19.9 Å². The Balaban J connectivity index is 1.42. The fraction of sp³-hybridized carbons (Fsp3) is 0.586. The number of rotatable bonds is 2. The Labute approximate surface area is 196 Å². The molecule has 33 heavy (non-hydrogen) atoms. The molecule has 4 nitrogen and oxygen atoms in total. The highest BCUT2D eigenvalue weighted by molar-refractivity contribution is 5.92. The minimum atomic E-state index is -0.989. The molecule has 3 fully saturated rings. The molecule has 1 aromatic rings. The van der Waals surface area contributed by atoms with E-state index in [9.17, 15) is 9.59 Å². The van der Waals surface area contributed by atoms with Crippen LogP contribution < -0.4 is 0 Å². The van der Waals surface area contributed by atoms with Crippen molar-refractivity contribution in [3.8, 4) is 0 Å². The molecular formula is C29H34O4. The molecule has 5 aliphatic rings. The van der Waals surface area contributed by atoms with Crippen LogP contribution in [0.3, 0.4) is 0 Å². The maximum absolute atomic E-state index is 13.4. The normalized spacial score (nSPS) is 45.9.